The minimum Gasteiger partial charge on any atom is -0.828 e. The van der Waals surface area contributed by atoms with Crippen molar-refractivity contribution in [2.75, 3.05) is 0 Å². The molecule has 1 aromatic rings. The smallest absolute Gasteiger partial charge is 0.00393 e. The molecule has 0 spiro atoms. The fraction of sp³-hybridized carbons (Fsp3) is 0.250. The van der Waals surface area contributed by atoms with Crippen molar-refractivity contribution in [3.63, 3.8) is 0 Å². The fourth-order valence-corrected chi connectivity index (χ4v) is 0.824. The first kappa shape index (κ1) is 7.25. The average Bonchev–Trinajstić information content (AvgIpc) is 1.88. The van der Waals surface area contributed by atoms with E-state index in [0.717, 1.165) is 5.56 Å². The van der Waals surface area contributed by atoms with E-state index in [1.165, 1.54) is 0 Å². The van der Waals surface area contributed by atoms with Gasteiger partial charge in [0.25, 0.3) is 0 Å². The van der Waals surface area contributed by atoms with Crippen molar-refractivity contribution in [2.24, 2.45) is 0 Å². The highest BCUT2D eigenvalue weighted by Gasteiger charge is 1.91. The Morgan fingerprint density at radius 2 is 2.20 bits per heavy atom. The minimum atomic E-state index is -1.60. The molecule has 2 nitrogen and oxygen atoms in total. The van der Waals surface area contributed by atoms with Gasteiger partial charge in [-0.05, 0) is 12.5 Å². The van der Waals surface area contributed by atoms with E-state index in [-0.39, 0.29) is 0 Å². The monoisotopic (exact) mass is 137 g/mol. The molecule has 1 rings (SSSR count). The van der Waals surface area contributed by atoms with Gasteiger partial charge in [0.2, 0.25) is 0 Å². The topological polar surface area (TPSA) is 43.3 Å². The van der Waals surface area contributed by atoms with E-state index >= 15 is 0 Å². The minimum absolute atomic E-state index is 0.431. The summed E-state index contributed by atoms with van der Waals surface area (Å²) >= 11 is 0. The molecule has 1 N–H and O–H groups in total. The molecule has 0 bridgehead atoms. The molecule has 0 fully saturated rings. The number of aliphatic hydroxyl groups is 1. The molecular formula is C8H9O2-. The fourth-order valence-electron chi connectivity index (χ4n) is 0.824. The lowest BCUT2D eigenvalue weighted by Gasteiger charge is -2.14. The molecule has 0 aliphatic heterocycles. The van der Waals surface area contributed by atoms with Crippen LogP contribution in [0.1, 0.15) is 17.4 Å². The van der Waals surface area contributed by atoms with E-state index in [4.69, 9.17) is 5.11 Å². The van der Waals surface area contributed by atoms with Crippen LogP contribution in [0.25, 0.3) is 0 Å². The number of aliphatic hydroxyl groups excluding tert-OH is 1. The number of benzene rings is 1. The predicted octanol–water partition coefficient (Wildman–Crippen LogP) is 0.346. The van der Waals surface area contributed by atoms with E-state index in [1.807, 2.05) is 13.0 Å². The molecule has 0 aromatic heterocycles. The van der Waals surface area contributed by atoms with E-state index < -0.39 is 6.29 Å². The Labute approximate surface area is 59.7 Å². The summed E-state index contributed by atoms with van der Waals surface area (Å²) in [4.78, 5) is 0. The maximum absolute atomic E-state index is 10.4. The van der Waals surface area contributed by atoms with Crippen LogP contribution in [-0.4, -0.2) is 5.11 Å². The molecule has 0 heterocycles. The molecule has 10 heavy (non-hydrogen) atoms. The molecule has 2 heteroatoms. The lowest BCUT2D eigenvalue weighted by molar-refractivity contribution is -0.490. The first-order valence-electron chi connectivity index (χ1n) is 3.10. The summed E-state index contributed by atoms with van der Waals surface area (Å²) in [5, 5.41) is 19.0. The van der Waals surface area contributed by atoms with Crippen LogP contribution >= 0.6 is 0 Å². The number of hydrogen-bond donors (Lipinski definition) is 1. The molecule has 0 saturated heterocycles. The second-order valence-corrected chi connectivity index (χ2v) is 2.27. The van der Waals surface area contributed by atoms with Gasteiger partial charge in [-0.25, -0.2) is 0 Å². The van der Waals surface area contributed by atoms with Crippen LogP contribution in [0.3, 0.4) is 0 Å². The predicted molar refractivity (Wildman–Crippen MR) is 36.1 cm³/mol. The molecule has 0 aliphatic rings. The first-order chi connectivity index (χ1) is 4.70. The third-order valence-electron chi connectivity index (χ3n) is 1.33. The van der Waals surface area contributed by atoms with Crippen molar-refractivity contribution in [2.45, 2.75) is 13.2 Å². The second-order valence-electron chi connectivity index (χ2n) is 2.27. The van der Waals surface area contributed by atoms with Gasteiger partial charge in [-0.2, -0.15) is 0 Å². The summed E-state index contributed by atoms with van der Waals surface area (Å²) in [7, 11) is 0. The first-order valence-corrected chi connectivity index (χ1v) is 3.10. The average molecular weight is 137 g/mol. The van der Waals surface area contributed by atoms with Crippen LogP contribution in [-0.2, 0) is 0 Å². The summed E-state index contributed by atoms with van der Waals surface area (Å²) in [6, 6.07) is 6.93. The van der Waals surface area contributed by atoms with Crippen molar-refractivity contribution >= 4 is 0 Å². The highest BCUT2D eigenvalue weighted by molar-refractivity contribution is 5.22. The summed E-state index contributed by atoms with van der Waals surface area (Å²) in [5.74, 6) is 0. The lowest BCUT2D eigenvalue weighted by atomic mass is 10.1. The van der Waals surface area contributed by atoms with Crippen LogP contribution in [0.15, 0.2) is 24.3 Å². The largest absolute Gasteiger partial charge is 0.828 e. The van der Waals surface area contributed by atoms with E-state index in [0.29, 0.717) is 5.56 Å². The Morgan fingerprint density at radius 3 is 2.60 bits per heavy atom. The Hall–Kier alpha value is -0.860. The van der Waals surface area contributed by atoms with E-state index in [9.17, 15) is 5.11 Å². The SMILES string of the molecule is Cc1cccc(C([O-])O)c1. The zero-order valence-electron chi connectivity index (χ0n) is 5.74. The van der Waals surface area contributed by atoms with Gasteiger partial charge in [0.05, 0.1) is 0 Å². The third-order valence-corrected chi connectivity index (χ3v) is 1.33. The van der Waals surface area contributed by atoms with Crippen LogP contribution in [0.5, 0.6) is 0 Å². The molecule has 1 atom stereocenters. The summed E-state index contributed by atoms with van der Waals surface area (Å²) in [6.45, 7) is 1.88. The maximum Gasteiger partial charge on any atom is 0.00393 e. The van der Waals surface area contributed by atoms with Crippen LogP contribution < -0.4 is 5.11 Å². The van der Waals surface area contributed by atoms with Crippen molar-refractivity contribution < 1.29 is 10.2 Å². The Bertz CT molecular complexity index is 218. The molecule has 0 radical (unpaired) electrons. The van der Waals surface area contributed by atoms with Gasteiger partial charge in [0.1, 0.15) is 0 Å². The lowest BCUT2D eigenvalue weighted by Crippen LogP contribution is -2.13. The Kier molecular flexibility index (Phi) is 2.04. The summed E-state index contributed by atoms with van der Waals surface area (Å²) in [6.07, 6.45) is -1.60. The summed E-state index contributed by atoms with van der Waals surface area (Å²) in [5.41, 5.74) is 1.42. The number of aryl methyl sites for hydroxylation is 1. The molecule has 1 aromatic carbocycles. The molecule has 0 aliphatic carbocycles. The molecule has 54 valence electrons. The normalized spacial score (nSPS) is 13.1. The van der Waals surface area contributed by atoms with Crippen molar-refractivity contribution in [3.05, 3.63) is 35.4 Å². The van der Waals surface area contributed by atoms with Crippen LogP contribution in [0.4, 0.5) is 0 Å². The van der Waals surface area contributed by atoms with Gasteiger partial charge in [-0.15, -0.1) is 0 Å². The van der Waals surface area contributed by atoms with Crippen molar-refractivity contribution in [3.8, 4) is 0 Å². The molecule has 1 unspecified atom stereocenters. The zero-order chi connectivity index (χ0) is 7.56. The highest BCUT2D eigenvalue weighted by atomic mass is 16.5. The van der Waals surface area contributed by atoms with E-state index in [2.05, 4.69) is 0 Å². The number of hydrogen-bond acceptors (Lipinski definition) is 2. The molecule has 0 saturated carbocycles. The van der Waals surface area contributed by atoms with Crippen molar-refractivity contribution in [1.82, 2.24) is 0 Å². The van der Waals surface area contributed by atoms with Gasteiger partial charge < -0.3 is 10.2 Å². The van der Waals surface area contributed by atoms with Gasteiger partial charge in [0, 0.05) is 6.29 Å². The standard InChI is InChI=1S/C8H9O2/c1-6-3-2-4-7(5-6)8(9)10/h2-5,8-9H,1H3/q-1. The van der Waals surface area contributed by atoms with Gasteiger partial charge in [-0.1, -0.05) is 29.8 Å². The highest BCUT2D eigenvalue weighted by Crippen LogP contribution is 2.08. The summed E-state index contributed by atoms with van der Waals surface area (Å²) < 4.78 is 0. The maximum atomic E-state index is 10.4. The third kappa shape index (κ3) is 1.56. The Morgan fingerprint density at radius 1 is 1.50 bits per heavy atom. The van der Waals surface area contributed by atoms with Gasteiger partial charge >= 0.3 is 0 Å². The zero-order valence-corrected chi connectivity index (χ0v) is 5.74. The molecule has 0 amide bonds. The van der Waals surface area contributed by atoms with Crippen LogP contribution in [0.2, 0.25) is 0 Å². The molecular weight excluding hydrogens is 128 g/mol. The van der Waals surface area contributed by atoms with Gasteiger partial charge in [-0.3, -0.25) is 0 Å². The number of rotatable bonds is 1. The Balaban J connectivity index is 2.96. The van der Waals surface area contributed by atoms with E-state index in [1.54, 1.807) is 18.2 Å². The van der Waals surface area contributed by atoms with Crippen LogP contribution in [0, 0.1) is 6.92 Å². The van der Waals surface area contributed by atoms with Gasteiger partial charge in [0.15, 0.2) is 0 Å². The van der Waals surface area contributed by atoms with Crippen molar-refractivity contribution in [1.29, 1.82) is 0 Å². The second kappa shape index (κ2) is 2.82. The quantitative estimate of drug-likeness (QED) is 0.567.